The van der Waals surface area contributed by atoms with Crippen LogP contribution in [0.15, 0.2) is 72.8 Å². The minimum atomic E-state index is -0.749. The molecule has 4 heteroatoms. The first-order valence-corrected chi connectivity index (χ1v) is 11.5. The highest BCUT2D eigenvalue weighted by Gasteiger charge is 2.19. The monoisotopic (exact) mass is 428 g/mol. The number of aliphatic hydroxyl groups is 1. The minimum absolute atomic E-state index is 0.435. The van der Waals surface area contributed by atoms with Gasteiger partial charge >= 0.3 is 0 Å². The van der Waals surface area contributed by atoms with E-state index >= 15 is 0 Å². The van der Waals surface area contributed by atoms with Crippen molar-refractivity contribution in [3.8, 4) is 5.75 Å². The lowest BCUT2D eigenvalue weighted by Crippen LogP contribution is -2.11. The molecule has 1 atom stereocenters. The molecule has 0 fully saturated rings. The summed E-state index contributed by atoms with van der Waals surface area (Å²) in [4.78, 5) is 4.76. The zero-order valence-electron chi connectivity index (χ0n) is 19.2. The maximum Gasteiger partial charge on any atom is 0.143 e. The summed E-state index contributed by atoms with van der Waals surface area (Å²) in [6, 6.07) is 24.3. The zero-order valence-corrected chi connectivity index (χ0v) is 19.2. The predicted octanol–water partition coefficient (Wildman–Crippen LogP) is 6.41. The highest BCUT2D eigenvalue weighted by atomic mass is 16.5. The molecular formula is C28H32N2O2. The summed E-state index contributed by atoms with van der Waals surface area (Å²) >= 11 is 0. The molecule has 0 spiro atoms. The van der Waals surface area contributed by atoms with Crippen molar-refractivity contribution in [2.24, 2.45) is 0 Å². The summed E-state index contributed by atoms with van der Waals surface area (Å²) in [5, 5.41) is 11.0. The molecule has 0 bridgehead atoms. The Kier molecular flexibility index (Phi) is 6.91. The maximum atomic E-state index is 11.0. The number of benzene rings is 3. The van der Waals surface area contributed by atoms with Crippen LogP contribution in [0.4, 0.5) is 0 Å². The molecule has 1 N–H and O–H groups in total. The van der Waals surface area contributed by atoms with E-state index in [2.05, 4.69) is 49.6 Å². The van der Waals surface area contributed by atoms with E-state index in [4.69, 9.17) is 9.72 Å². The van der Waals surface area contributed by atoms with Crippen molar-refractivity contribution in [1.29, 1.82) is 0 Å². The number of aromatic nitrogens is 2. The zero-order chi connectivity index (χ0) is 22.5. The predicted molar refractivity (Wildman–Crippen MR) is 130 cm³/mol. The van der Waals surface area contributed by atoms with Gasteiger partial charge in [0.2, 0.25) is 0 Å². The molecule has 166 valence electrons. The topological polar surface area (TPSA) is 47.3 Å². The van der Waals surface area contributed by atoms with Gasteiger partial charge in [-0.1, -0.05) is 68.4 Å². The lowest BCUT2D eigenvalue weighted by molar-refractivity contribution is 0.204. The molecule has 0 saturated carbocycles. The van der Waals surface area contributed by atoms with Gasteiger partial charge in [0.1, 0.15) is 17.7 Å². The highest BCUT2D eigenvalue weighted by Crippen LogP contribution is 2.28. The number of fused-ring (bicyclic) bond motifs is 1. The van der Waals surface area contributed by atoms with Crippen molar-refractivity contribution in [2.45, 2.75) is 52.2 Å². The van der Waals surface area contributed by atoms with Gasteiger partial charge in [0.25, 0.3) is 0 Å². The third-order valence-corrected chi connectivity index (χ3v) is 5.87. The second-order valence-corrected chi connectivity index (χ2v) is 8.68. The van der Waals surface area contributed by atoms with Crippen molar-refractivity contribution < 1.29 is 9.84 Å². The summed E-state index contributed by atoms with van der Waals surface area (Å²) in [6.45, 7) is 7.95. The molecule has 4 aromatic rings. The van der Waals surface area contributed by atoms with Gasteiger partial charge in [0.15, 0.2) is 0 Å². The van der Waals surface area contributed by atoms with E-state index < -0.39 is 6.10 Å². The van der Waals surface area contributed by atoms with Gasteiger partial charge in [0.05, 0.1) is 17.6 Å². The lowest BCUT2D eigenvalue weighted by Gasteiger charge is -2.16. The molecule has 4 nitrogen and oxygen atoms in total. The van der Waals surface area contributed by atoms with Crippen molar-refractivity contribution in [2.75, 3.05) is 6.61 Å². The van der Waals surface area contributed by atoms with Gasteiger partial charge in [-0.15, -0.1) is 0 Å². The SMILES string of the molecule is Cc1ccc(C(C)C)c(OCCCCn2c(C(O)c3ccccc3)nc3ccccc32)c1. The molecule has 0 aliphatic carbocycles. The Bertz CT molecular complexity index is 1160. The molecule has 32 heavy (non-hydrogen) atoms. The Balaban J connectivity index is 1.45. The maximum absolute atomic E-state index is 11.0. The fourth-order valence-electron chi connectivity index (χ4n) is 4.12. The summed E-state index contributed by atoms with van der Waals surface area (Å²) in [7, 11) is 0. The molecule has 1 unspecified atom stereocenters. The number of ether oxygens (including phenoxy) is 1. The molecule has 0 aliphatic rings. The van der Waals surface area contributed by atoms with Crippen LogP contribution < -0.4 is 4.74 Å². The number of nitrogens with zero attached hydrogens (tertiary/aromatic N) is 2. The van der Waals surface area contributed by atoms with Gasteiger partial charge in [-0.2, -0.15) is 0 Å². The first-order valence-electron chi connectivity index (χ1n) is 11.5. The Morgan fingerprint density at radius 2 is 1.69 bits per heavy atom. The van der Waals surface area contributed by atoms with E-state index in [1.807, 2.05) is 48.5 Å². The third-order valence-electron chi connectivity index (χ3n) is 5.87. The van der Waals surface area contributed by atoms with E-state index in [9.17, 15) is 5.11 Å². The molecule has 0 radical (unpaired) electrons. The van der Waals surface area contributed by atoms with E-state index in [1.54, 1.807) is 0 Å². The summed E-state index contributed by atoms with van der Waals surface area (Å²) in [6.07, 6.45) is 1.12. The molecule has 1 heterocycles. The Morgan fingerprint density at radius 1 is 0.938 bits per heavy atom. The number of rotatable bonds is 9. The van der Waals surface area contributed by atoms with E-state index in [0.717, 1.165) is 41.7 Å². The number of para-hydroxylation sites is 2. The lowest BCUT2D eigenvalue weighted by atomic mass is 10.0. The average Bonchev–Trinajstić information content (AvgIpc) is 3.17. The van der Waals surface area contributed by atoms with Crippen LogP contribution in [-0.4, -0.2) is 21.3 Å². The average molecular weight is 429 g/mol. The molecule has 0 saturated heterocycles. The van der Waals surface area contributed by atoms with E-state index in [1.165, 1.54) is 11.1 Å². The van der Waals surface area contributed by atoms with E-state index in [0.29, 0.717) is 18.3 Å². The number of aliphatic hydroxyl groups excluding tert-OH is 1. The summed E-state index contributed by atoms with van der Waals surface area (Å²) in [5.41, 5.74) is 5.29. The van der Waals surface area contributed by atoms with Gasteiger partial charge in [-0.25, -0.2) is 4.98 Å². The van der Waals surface area contributed by atoms with Crippen LogP contribution in [-0.2, 0) is 6.54 Å². The van der Waals surface area contributed by atoms with Crippen molar-refractivity contribution in [3.05, 3.63) is 95.3 Å². The minimum Gasteiger partial charge on any atom is -0.493 e. The van der Waals surface area contributed by atoms with Crippen LogP contribution >= 0.6 is 0 Å². The van der Waals surface area contributed by atoms with Gasteiger partial charge in [0, 0.05) is 6.54 Å². The van der Waals surface area contributed by atoms with Crippen LogP contribution in [0.5, 0.6) is 5.75 Å². The van der Waals surface area contributed by atoms with Crippen LogP contribution in [0.3, 0.4) is 0 Å². The molecule has 3 aromatic carbocycles. The van der Waals surface area contributed by atoms with Crippen LogP contribution in [0, 0.1) is 6.92 Å². The van der Waals surface area contributed by atoms with Gasteiger partial charge in [-0.3, -0.25) is 0 Å². The number of unbranched alkanes of at least 4 members (excludes halogenated alkanes) is 1. The van der Waals surface area contributed by atoms with Crippen LogP contribution in [0.1, 0.15) is 61.2 Å². The second-order valence-electron chi connectivity index (χ2n) is 8.68. The first-order chi connectivity index (χ1) is 15.5. The smallest absolute Gasteiger partial charge is 0.143 e. The Morgan fingerprint density at radius 3 is 2.47 bits per heavy atom. The normalized spacial score (nSPS) is 12.4. The highest BCUT2D eigenvalue weighted by molar-refractivity contribution is 5.76. The second kappa shape index (κ2) is 10.0. The van der Waals surface area contributed by atoms with Crippen molar-refractivity contribution in [1.82, 2.24) is 9.55 Å². The molecular weight excluding hydrogens is 396 g/mol. The molecule has 1 aromatic heterocycles. The fraction of sp³-hybridized carbons (Fsp3) is 0.321. The van der Waals surface area contributed by atoms with Gasteiger partial charge in [-0.05, 0) is 60.6 Å². The standard InChI is InChI=1S/C28H32N2O2/c1-20(2)23-16-15-21(3)19-26(23)32-18-10-9-17-30-25-14-8-7-13-24(25)29-28(30)27(31)22-11-5-4-6-12-22/h4-8,11-16,19-20,27,31H,9-10,17-18H2,1-3H3. The number of imidazole rings is 1. The van der Waals surface area contributed by atoms with Crippen molar-refractivity contribution >= 4 is 11.0 Å². The molecule has 0 aliphatic heterocycles. The molecule has 0 amide bonds. The number of hydrogen-bond acceptors (Lipinski definition) is 3. The number of hydrogen-bond donors (Lipinski definition) is 1. The van der Waals surface area contributed by atoms with Crippen molar-refractivity contribution in [3.63, 3.8) is 0 Å². The Hall–Kier alpha value is -3.11. The summed E-state index contributed by atoms with van der Waals surface area (Å²) in [5.74, 6) is 2.12. The van der Waals surface area contributed by atoms with Gasteiger partial charge < -0.3 is 14.4 Å². The quantitative estimate of drug-likeness (QED) is 0.313. The number of aryl methyl sites for hydroxylation is 2. The largest absolute Gasteiger partial charge is 0.493 e. The van der Waals surface area contributed by atoms with Crippen LogP contribution in [0.2, 0.25) is 0 Å². The van der Waals surface area contributed by atoms with Crippen LogP contribution in [0.25, 0.3) is 11.0 Å². The third kappa shape index (κ3) is 4.86. The summed E-state index contributed by atoms with van der Waals surface area (Å²) < 4.78 is 8.31. The Labute approximate surface area is 190 Å². The first kappa shape index (κ1) is 22.1. The molecule has 4 rings (SSSR count). The fourth-order valence-corrected chi connectivity index (χ4v) is 4.12. The van der Waals surface area contributed by atoms with E-state index in [-0.39, 0.29) is 0 Å².